The van der Waals surface area contributed by atoms with Gasteiger partial charge in [0.25, 0.3) is 0 Å². The number of rotatable bonds is 38. The maximum atomic E-state index is 9.63. The van der Waals surface area contributed by atoms with Gasteiger partial charge in [-0.1, -0.05) is 206 Å². The highest BCUT2D eigenvalue weighted by molar-refractivity contribution is 4.75. The number of unbranched alkanes of at least 4 members (excludes halogenated alkanes) is 28. The van der Waals surface area contributed by atoms with Gasteiger partial charge in [0.05, 0.1) is 0 Å². The maximum Gasteiger partial charge on any atom is 0.0445 e. The zero-order valence-electron chi connectivity index (χ0n) is 30.0. The van der Waals surface area contributed by atoms with Crippen LogP contribution in [0, 0.1) is 0 Å². The third kappa shape index (κ3) is 34.6. The van der Waals surface area contributed by atoms with E-state index in [0.717, 1.165) is 12.8 Å². The highest BCUT2D eigenvalue weighted by Crippen LogP contribution is 2.17. The third-order valence-corrected chi connectivity index (χ3v) is 9.74. The van der Waals surface area contributed by atoms with Crippen LogP contribution in [-0.2, 0) is 0 Å². The number of aliphatic hydroxyl groups is 2. The minimum absolute atomic E-state index is 0.265. The Bertz CT molecular complexity index is 443. The van der Waals surface area contributed by atoms with Gasteiger partial charge in [-0.25, -0.2) is 0 Å². The van der Waals surface area contributed by atoms with E-state index in [1.807, 2.05) is 0 Å². The van der Waals surface area contributed by atoms with E-state index in [1.54, 1.807) is 0 Å². The molecule has 0 aromatic rings. The summed E-state index contributed by atoms with van der Waals surface area (Å²) in [7, 11) is 0. The third-order valence-electron chi connectivity index (χ3n) is 9.74. The Hall–Kier alpha value is -0.120. The van der Waals surface area contributed by atoms with Crippen LogP contribution in [0.1, 0.15) is 232 Å². The van der Waals surface area contributed by atoms with Crippen molar-refractivity contribution in [2.45, 2.75) is 244 Å². The molecule has 0 saturated heterocycles. The molecule has 0 heterocycles. The van der Waals surface area contributed by atoms with Crippen molar-refractivity contribution in [3.63, 3.8) is 0 Å². The molecule has 0 amide bonds. The lowest BCUT2D eigenvalue weighted by Gasteiger charge is -2.25. The second kappa shape index (κ2) is 38.1. The van der Waals surface area contributed by atoms with Gasteiger partial charge in [-0.15, -0.1) is 0 Å². The molecule has 2 atom stereocenters. The minimum Gasteiger partial charge on any atom is -0.396 e. The smallest absolute Gasteiger partial charge is 0.0445 e. The lowest BCUT2D eigenvalue weighted by molar-refractivity contribution is 0.224. The molecule has 43 heavy (non-hydrogen) atoms. The molecule has 0 spiro atoms. The van der Waals surface area contributed by atoms with E-state index < -0.39 is 0 Å². The number of nitrogens with one attached hydrogen (secondary N) is 1. The Morgan fingerprint density at radius 3 is 0.721 bits per heavy atom. The Balaban J connectivity index is 3.71. The van der Waals surface area contributed by atoms with Crippen LogP contribution in [0.5, 0.6) is 0 Å². The average Bonchev–Trinajstić information content (AvgIpc) is 3.01. The van der Waals surface area contributed by atoms with E-state index >= 15 is 0 Å². The topological polar surface area (TPSA) is 52.5 Å². The van der Waals surface area contributed by atoms with Gasteiger partial charge in [0.2, 0.25) is 0 Å². The van der Waals surface area contributed by atoms with Crippen molar-refractivity contribution in [3.05, 3.63) is 0 Å². The minimum atomic E-state index is 0.265. The lowest BCUT2D eigenvalue weighted by Crippen LogP contribution is -2.39. The lowest BCUT2D eigenvalue weighted by atomic mass is 9.99. The molecule has 260 valence electrons. The largest absolute Gasteiger partial charge is 0.396 e. The van der Waals surface area contributed by atoms with Crippen LogP contribution in [0.4, 0.5) is 0 Å². The monoisotopic (exact) mass is 610 g/mol. The van der Waals surface area contributed by atoms with Crippen molar-refractivity contribution in [2.24, 2.45) is 0 Å². The van der Waals surface area contributed by atoms with E-state index in [2.05, 4.69) is 19.2 Å². The van der Waals surface area contributed by atoms with Gasteiger partial charge >= 0.3 is 0 Å². The fraction of sp³-hybridized carbons (Fsp3) is 1.00. The van der Waals surface area contributed by atoms with Crippen LogP contribution < -0.4 is 5.32 Å². The van der Waals surface area contributed by atoms with Crippen LogP contribution in [0.2, 0.25) is 0 Å². The van der Waals surface area contributed by atoms with Crippen LogP contribution in [0.25, 0.3) is 0 Å². The standard InChI is InChI=1S/C40H83NO2/c1-3-5-7-9-11-13-15-17-19-21-23-25-27-29-31-33-39(35-37-42)41-40(36-38-43)34-32-30-28-26-24-22-20-18-16-14-12-10-8-6-4-2/h39-43H,3-38H2,1-2H3. The van der Waals surface area contributed by atoms with Gasteiger partial charge in [0.1, 0.15) is 0 Å². The quantitative estimate of drug-likeness (QED) is 0.0610. The van der Waals surface area contributed by atoms with Crippen molar-refractivity contribution in [1.82, 2.24) is 5.32 Å². The first kappa shape index (κ1) is 42.9. The van der Waals surface area contributed by atoms with Crippen molar-refractivity contribution in [3.8, 4) is 0 Å². The van der Waals surface area contributed by atoms with E-state index in [1.165, 1.54) is 205 Å². The van der Waals surface area contributed by atoms with Gasteiger partial charge < -0.3 is 15.5 Å². The Labute approximate surface area is 272 Å². The molecular formula is C40H83NO2. The Kier molecular flexibility index (Phi) is 38.0. The fourth-order valence-electron chi connectivity index (χ4n) is 6.79. The van der Waals surface area contributed by atoms with Crippen LogP contribution in [-0.4, -0.2) is 35.5 Å². The first-order valence-corrected chi connectivity index (χ1v) is 20.3. The second-order valence-electron chi connectivity index (χ2n) is 14.1. The molecule has 3 nitrogen and oxygen atoms in total. The summed E-state index contributed by atoms with van der Waals surface area (Å²) < 4.78 is 0. The Morgan fingerprint density at radius 2 is 0.512 bits per heavy atom. The summed E-state index contributed by atoms with van der Waals surface area (Å²) in [5.41, 5.74) is 0. The molecule has 0 aliphatic carbocycles. The highest BCUT2D eigenvalue weighted by Gasteiger charge is 2.14. The molecule has 3 heteroatoms. The number of hydrogen-bond acceptors (Lipinski definition) is 3. The molecule has 0 saturated carbocycles. The molecule has 0 aliphatic heterocycles. The van der Waals surface area contributed by atoms with Gasteiger partial charge in [0.15, 0.2) is 0 Å². The zero-order valence-corrected chi connectivity index (χ0v) is 30.0. The molecule has 0 rings (SSSR count). The molecule has 0 radical (unpaired) electrons. The summed E-state index contributed by atoms with van der Waals surface area (Å²) in [4.78, 5) is 0. The highest BCUT2D eigenvalue weighted by atomic mass is 16.3. The van der Waals surface area contributed by atoms with Gasteiger partial charge in [-0.2, -0.15) is 0 Å². The summed E-state index contributed by atoms with van der Waals surface area (Å²) in [6.07, 6.45) is 46.1. The number of aliphatic hydroxyl groups excluding tert-OH is 2. The zero-order chi connectivity index (χ0) is 31.3. The average molecular weight is 610 g/mol. The molecule has 0 aliphatic rings. The summed E-state index contributed by atoms with van der Waals surface area (Å²) in [6, 6.07) is 0.805. The van der Waals surface area contributed by atoms with Crippen molar-refractivity contribution in [1.29, 1.82) is 0 Å². The van der Waals surface area contributed by atoms with Crippen molar-refractivity contribution in [2.75, 3.05) is 13.2 Å². The summed E-state index contributed by atoms with van der Waals surface area (Å²) in [5, 5.41) is 23.1. The van der Waals surface area contributed by atoms with Crippen molar-refractivity contribution < 1.29 is 10.2 Å². The first-order chi connectivity index (χ1) is 21.3. The molecular weight excluding hydrogens is 526 g/mol. The van der Waals surface area contributed by atoms with E-state index in [0.29, 0.717) is 12.1 Å². The predicted molar refractivity (Wildman–Crippen MR) is 193 cm³/mol. The maximum absolute atomic E-state index is 9.63. The summed E-state index contributed by atoms with van der Waals surface area (Å²) in [5.74, 6) is 0. The first-order valence-electron chi connectivity index (χ1n) is 20.3. The summed E-state index contributed by atoms with van der Waals surface area (Å²) >= 11 is 0. The van der Waals surface area contributed by atoms with E-state index in [9.17, 15) is 10.2 Å². The molecule has 2 unspecified atom stereocenters. The number of hydrogen-bond donors (Lipinski definition) is 3. The van der Waals surface area contributed by atoms with Crippen molar-refractivity contribution >= 4 is 0 Å². The second-order valence-corrected chi connectivity index (χ2v) is 14.1. The molecule has 0 fully saturated rings. The predicted octanol–water partition coefficient (Wildman–Crippen LogP) is 12.6. The molecule has 0 aromatic heterocycles. The molecule has 0 aromatic carbocycles. The Morgan fingerprint density at radius 1 is 0.302 bits per heavy atom. The van der Waals surface area contributed by atoms with Gasteiger partial charge in [-0.05, 0) is 25.7 Å². The van der Waals surface area contributed by atoms with Crippen LogP contribution in [0.3, 0.4) is 0 Å². The SMILES string of the molecule is CCCCCCCCCCCCCCCCCC(CCO)NC(CCO)CCCCCCCCCCCCCCCCC. The fourth-order valence-corrected chi connectivity index (χ4v) is 6.79. The van der Waals surface area contributed by atoms with E-state index in [-0.39, 0.29) is 13.2 Å². The van der Waals surface area contributed by atoms with Gasteiger partial charge in [-0.3, -0.25) is 0 Å². The van der Waals surface area contributed by atoms with Crippen LogP contribution in [0.15, 0.2) is 0 Å². The molecule has 3 N–H and O–H groups in total. The van der Waals surface area contributed by atoms with Gasteiger partial charge in [0, 0.05) is 25.3 Å². The normalized spacial score (nSPS) is 13.1. The summed E-state index contributed by atoms with van der Waals surface area (Å²) in [6.45, 7) is 5.12. The van der Waals surface area contributed by atoms with E-state index in [4.69, 9.17) is 0 Å². The van der Waals surface area contributed by atoms with Crippen LogP contribution >= 0.6 is 0 Å². The molecule has 0 bridgehead atoms.